The van der Waals surface area contributed by atoms with Crippen molar-refractivity contribution in [2.24, 2.45) is 10.7 Å². The molecule has 1 aliphatic heterocycles. The van der Waals surface area contributed by atoms with E-state index in [-0.39, 0.29) is 23.8 Å². The second kappa shape index (κ2) is 4.40. The number of ether oxygens (including phenoxy) is 1. The third-order valence-corrected chi connectivity index (χ3v) is 2.84. The van der Waals surface area contributed by atoms with Gasteiger partial charge in [0.1, 0.15) is 12.5 Å². The van der Waals surface area contributed by atoms with E-state index in [0.717, 1.165) is 12.1 Å². The SMILES string of the molecule is NC1=NC[C@H](F)[C@@](CF)(c2cc(N)ccc2F)O1. The van der Waals surface area contributed by atoms with E-state index in [4.69, 9.17) is 16.2 Å². The van der Waals surface area contributed by atoms with E-state index in [2.05, 4.69) is 4.99 Å². The highest BCUT2D eigenvalue weighted by Gasteiger charge is 2.48. The maximum absolute atomic E-state index is 13.9. The van der Waals surface area contributed by atoms with Gasteiger partial charge >= 0.3 is 0 Å². The predicted molar refractivity (Wildman–Crippen MR) is 60.9 cm³/mol. The Morgan fingerprint density at radius 1 is 1.44 bits per heavy atom. The largest absolute Gasteiger partial charge is 0.448 e. The molecule has 18 heavy (non-hydrogen) atoms. The molecule has 0 saturated heterocycles. The van der Waals surface area contributed by atoms with Crippen LogP contribution >= 0.6 is 0 Å². The van der Waals surface area contributed by atoms with Gasteiger partial charge in [-0.2, -0.15) is 0 Å². The summed E-state index contributed by atoms with van der Waals surface area (Å²) in [6.07, 6.45) is -1.84. The van der Waals surface area contributed by atoms with Crippen LogP contribution in [-0.2, 0) is 10.3 Å². The van der Waals surface area contributed by atoms with Gasteiger partial charge in [-0.25, -0.2) is 18.2 Å². The Kier molecular flexibility index (Phi) is 3.06. The number of hydrogen-bond donors (Lipinski definition) is 2. The average Bonchev–Trinajstić information content (AvgIpc) is 2.35. The molecule has 7 heteroatoms. The van der Waals surface area contributed by atoms with E-state index in [9.17, 15) is 13.2 Å². The first kappa shape index (κ1) is 12.5. The molecule has 0 amide bonds. The molecule has 0 bridgehead atoms. The summed E-state index contributed by atoms with van der Waals surface area (Å²) in [4.78, 5) is 3.51. The number of amidine groups is 1. The minimum Gasteiger partial charge on any atom is -0.448 e. The number of alkyl halides is 2. The maximum Gasteiger partial charge on any atom is 0.283 e. The van der Waals surface area contributed by atoms with Gasteiger partial charge in [0.05, 0.1) is 6.54 Å². The van der Waals surface area contributed by atoms with Gasteiger partial charge in [0, 0.05) is 11.3 Å². The minimum absolute atomic E-state index is 0.177. The fraction of sp³-hybridized carbons (Fsp3) is 0.364. The zero-order valence-corrected chi connectivity index (χ0v) is 9.37. The van der Waals surface area contributed by atoms with Crippen LogP contribution in [0.1, 0.15) is 5.56 Å². The van der Waals surface area contributed by atoms with E-state index < -0.39 is 24.3 Å². The van der Waals surface area contributed by atoms with Gasteiger partial charge < -0.3 is 16.2 Å². The first-order valence-corrected chi connectivity index (χ1v) is 5.24. The number of hydrogen-bond acceptors (Lipinski definition) is 4. The quantitative estimate of drug-likeness (QED) is 0.785. The van der Waals surface area contributed by atoms with Crippen LogP contribution in [0.25, 0.3) is 0 Å². The molecule has 0 aromatic heterocycles. The highest BCUT2D eigenvalue weighted by atomic mass is 19.1. The summed E-state index contributed by atoms with van der Waals surface area (Å²) in [5.74, 6) is -0.806. The molecule has 0 radical (unpaired) electrons. The summed E-state index contributed by atoms with van der Waals surface area (Å²) in [7, 11) is 0. The molecule has 0 saturated carbocycles. The number of halogens is 3. The van der Waals surface area contributed by atoms with E-state index in [0.29, 0.717) is 0 Å². The highest BCUT2D eigenvalue weighted by molar-refractivity contribution is 5.73. The van der Waals surface area contributed by atoms with Gasteiger partial charge in [0.2, 0.25) is 5.60 Å². The molecule has 2 rings (SSSR count). The van der Waals surface area contributed by atoms with Crippen LogP contribution in [0.5, 0.6) is 0 Å². The molecule has 1 aliphatic rings. The molecule has 1 heterocycles. The summed E-state index contributed by atoms with van der Waals surface area (Å²) < 4.78 is 45.9. The first-order valence-electron chi connectivity index (χ1n) is 5.24. The van der Waals surface area contributed by atoms with Gasteiger partial charge in [0.15, 0.2) is 6.17 Å². The monoisotopic (exact) mass is 259 g/mol. The van der Waals surface area contributed by atoms with Crippen molar-refractivity contribution >= 4 is 11.7 Å². The molecule has 0 aliphatic carbocycles. The number of rotatable bonds is 2. The minimum atomic E-state index is -2.12. The lowest BCUT2D eigenvalue weighted by Gasteiger charge is -2.36. The van der Waals surface area contributed by atoms with Gasteiger partial charge in [-0.15, -0.1) is 0 Å². The summed E-state index contributed by atoms with van der Waals surface area (Å²) >= 11 is 0. The van der Waals surface area contributed by atoms with Crippen LogP contribution in [0.4, 0.5) is 18.9 Å². The van der Waals surface area contributed by atoms with Crippen LogP contribution in [0, 0.1) is 5.82 Å². The molecule has 4 N–H and O–H groups in total. The Bertz CT molecular complexity index is 494. The number of nitrogen functional groups attached to an aromatic ring is 1. The summed E-state index contributed by atoms with van der Waals surface area (Å²) in [6.45, 7) is -1.66. The normalized spacial score (nSPS) is 27.5. The number of aliphatic imine (C=N–C) groups is 1. The Hall–Kier alpha value is -1.92. The molecule has 2 atom stereocenters. The van der Waals surface area contributed by atoms with Crippen molar-refractivity contribution < 1.29 is 17.9 Å². The van der Waals surface area contributed by atoms with E-state index in [1.165, 1.54) is 6.07 Å². The molecule has 1 aromatic rings. The van der Waals surface area contributed by atoms with Gasteiger partial charge in [-0.05, 0) is 18.2 Å². The molecule has 0 unspecified atom stereocenters. The number of nitrogens with two attached hydrogens (primary N) is 2. The van der Waals surface area contributed by atoms with Crippen molar-refractivity contribution in [2.45, 2.75) is 11.8 Å². The van der Waals surface area contributed by atoms with Gasteiger partial charge in [-0.1, -0.05) is 0 Å². The lowest BCUT2D eigenvalue weighted by Crippen LogP contribution is -2.50. The Morgan fingerprint density at radius 2 is 2.17 bits per heavy atom. The lowest BCUT2D eigenvalue weighted by atomic mass is 9.88. The molecule has 4 nitrogen and oxygen atoms in total. The zero-order valence-electron chi connectivity index (χ0n) is 9.37. The van der Waals surface area contributed by atoms with E-state index in [1.807, 2.05) is 0 Å². The molecule has 1 aromatic carbocycles. The number of nitrogens with zero attached hydrogens (tertiary/aromatic N) is 1. The van der Waals surface area contributed by atoms with Crippen LogP contribution in [0.3, 0.4) is 0 Å². The Labute approximate surface area is 101 Å². The van der Waals surface area contributed by atoms with Crippen molar-refractivity contribution in [3.05, 3.63) is 29.6 Å². The smallest absolute Gasteiger partial charge is 0.283 e. The summed E-state index contributed by atoms with van der Waals surface area (Å²) in [5.41, 5.74) is 8.57. The molecule has 0 spiro atoms. The Balaban J connectivity index is 2.56. The van der Waals surface area contributed by atoms with Crippen LogP contribution < -0.4 is 11.5 Å². The average molecular weight is 259 g/mol. The molecular weight excluding hydrogens is 247 g/mol. The zero-order chi connectivity index (χ0) is 13.3. The Morgan fingerprint density at radius 3 is 2.83 bits per heavy atom. The molecule has 0 fully saturated rings. The topological polar surface area (TPSA) is 73.6 Å². The van der Waals surface area contributed by atoms with E-state index in [1.54, 1.807) is 0 Å². The number of benzene rings is 1. The van der Waals surface area contributed by atoms with Crippen LogP contribution in [0.15, 0.2) is 23.2 Å². The van der Waals surface area contributed by atoms with Crippen molar-refractivity contribution in [1.82, 2.24) is 0 Å². The standard InChI is InChI=1S/C11H12F3N3O/c12-5-11(9(14)4-17-10(16)18-11)7-3-6(15)1-2-8(7)13/h1-3,9H,4-5,15H2,(H2,16,17)/t9-,11+/m0/s1. The van der Waals surface area contributed by atoms with Crippen LogP contribution in [0.2, 0.25) is 0 Å². The summed E-state index contributed by atoms with van der Waals surface area (Å²) in [6, 6.07) is 3.08. The van der Waals surface area contributed by atoms with E-state index >= 15 is 0 Å². The third-order valence-electron chi connectivity index (χ3n) is 2.84. The second-order valence-electron chi connectivity index (χ2n) is 4.01. The summed E-state index contributed by atoms with van der Waals surface area (Å²) in [5, 5.41) is 0. The van der Waals surface area contributed by atoms with Crippen LogP contribution in [-0.4, -0.2) is 25.4 Å². The number of anilines is 1. The van der Waals surface area contributed by atoms with Gasteiger partial charge in [-0.3, -0.25) is 0 Å². The van der Waals surface area contributed by atoms with Crippen molar-refractivity contribution in [3.63, 3.8) is 0 Å². The molecule has 98 valence electrons. The maximum atomic E-state index is 13.9. The first-order chi connectivity index (χ1) is 8.49. The fourth-order valence-corrected chi connectivity index (χ4v) is 1.87. The van der Waals surface area contributed by atoms with Crippen molar-refractivity contribution in [3.8, 4) is 0 Å². The predicted octanol–water partition coefficient (Wildman–Crippen LogP) is 1.26. The molecular formula is C11H12F3N3O. The highest BCUT2D eigenvalue weighted by Crippen LogP contribution is 2.37. The second-order valence-corrected chi connectivity index (χ2v) is 4.01. The van der Waals surface area contributed by atoms with Crippen molar-refractivity contribution in [2.75, 3.05) is 19.0 Å². The fourth-order valence-electron chi connectivity index (χ4n) is 1.87. The van der Waals surface area contributed by atoms with Crippen molar-refractivity contribution in [1.29, 1.82) is 0 Å². The third kappa shape index (κ3) is 1.85. The lowest BCUT2D eigenvalue weighted by molar-refractivity contribution is -0.0562. The van der Waals surface area contributed by atoms with Gasteiger partial charge in [0.25, 0.3) is 6.02 Å².